The maximum absolute atomic E-state index is 13.2. The van der Waals surface area contributed by atoms with Crippen LogP contribution in [0.1, 0.15) is 18.5 Å². The van der Waals surface area contributed by atoms with Crippen molar-refractivity contribution in [2.24, 2.45) is 0 Å². The van der Waals surface area contributed by atoms with E-state index in [1.165, 1.54) is 6.07 Å². The van der Waals surface area contributed by atoms with E-state index in [2.05, 4.69) is 26.6 Å². The molecule has 116 valence electrons. The maximum atomic E-state index is 13.2. The molecule has 0 fully saturated rings. The number of rotatable bonds is 5. The SMILES string of the molecule is C[C@@H](NCC(=O)Nc1ccccc1Br)c1ccc(F)c(F)c1. The summed E-state index contributed by atoms with van der Waals surface area (Å²) in [6.45, 7) is 1.83. The summed E-state index contributed by atoms with van der Waals surface area (Å²) in [5, 5.41) is 5.72. The number of benzene rings is 2. The summed E-state index contributed by atoms with van der Waals surface area (Å²) in [4.78, 5) is 11.9. The maximum Gasteiger partial charge on any atom is 0.238 e. The molecule has 0 saturated heterocycles. The Morgan fingerprint density at radius 3 is 2.59 bits per heavy atom. The molecule has 1 atom stereocenters. The number of anilines is 1. The Bertz CT molecular complexity index is 679. The smallest absolute Gasteiger partial charge is 0.238 e. The van der Waals surface area contributed by atoms with Crippen LogP contribution in [0.4, 0.5) is 14.5 Å². The standard InChI is InChI=1S/C16H15BrF2N2O/c1-10(11-6-7-13(18)14(19)8-11)20-9-16(22)21-15-5-3-2-4-12(15)17/h2-8,10,20H,9H2,1H3,(H,21,22)/t10-/m1/s1. The Morgan fingerprint density at radius 1 is 1.18 bits per heavy atom. The van der Waals surface area contributed by atoms with Gasteiger partial charge in [-0.2, -0.15) is 0 Å². The quantitative estimate of drug-likeness (QED) is 0.836. The van der Waals surface area contributed by atoms with Crippen LogP contribution >= 0.6 is 15.9 Å². The summed E-state index contributed by atoms with van der Waals surface area (Å²) < 4.78 is 26.9. The molecule has 0 spiro atoms. The van der Waals surface area contributed by atoms with Crippen molar-refractivity contribution in [3.63, 3.8) is 0 Å². The van der Waals surface area contributed by atoms with Crippen molar-refractivity contribution in [2.45, 2.75) is 13.0 Å². The van der Waals surface area contributed by atoms with E-state index in [0.717, 1.165) is 16.6 Å². The van der Waals surface area contributed by atoms with E-state index in [1.807, 2.05) is 18.2 Å². The van der Waals surface area contributed by atoms with Crippen LogP contribution in [0.5, 0.6) is 0 Å². The first kappa shape index (κ1) is 16.6. The molecule has 0 saturated carbocycles. The van der Waals surface area contributed by atoms with Crippen LogP contribution in [0.2, 0.25) is 0 Å². The predicted molar refractivity (Wildman–Crippen MR) is 85.5 cm³/mol. The van der Waals surface area contributed by atoms with Crippen LogP contribution in [0.3, 0.4) is 0 Å². The van der Waals surface area contributed by atoms with Crippen molar-refractivity contribution < 1.29 is 13.6 Å². The highest BCUT2D eigenvalue weighted by atomic mass is 79.9. The van der Waals surface area contributed by atoms with Gasteiger partial charge in [-0.15, -0.1) is 0 Å². The normalized spacial score (nSPS) is 12.0. The van der Waals surface area contributed by atoms with Crippen LogP contribution in [0.15, 0.2) is 46.9 Å². The van der Waals surface area contributed by atoms with Crippen LogP contribution in [-0.2, 0) is 4.79 Å². The number of amides is 1. The number of para-hydroxylation sites is 1. The van der Waals surface area contributed by atoms with Gasteiger partial charge in [0, 0.05) is 10.5 Å². The van der Waals surface area contributed by atoms with Gasteiger partial charge in [0.25, 0.3) is 0 Å². The van der Waals surface area contributed by atoms with Crippen LogP contribution in [0.25, 0.3) is 0 Å². The largest absolute Gasteiger partial charge is 0.324 e. The fourth-order valence-corrected chi connectivity index (χ4v) is 2.29. The highest BCUT2D eigenvalue weighted by Crippen LogP contribution is 2.21. The zero-order chi connectivity index (χ0) is 16.1. The average molecular weight is 369 g/mol. The van der Waals surface area contributed by atoms with Gasteiger partial charge in [-0.1, -0.05) is 18.2 Å². The molecule has 0 aromatic heterocycles. The van der Waals surface area contributed by atoms with Gasteiger partial charge >= 0.3 is 0 Å². The Kier molecular flexibility index (Phi) is 5.63. The Morgan fingerprint density at radius 2 is 1.91 bits per heavy atom. The molecule has 2 aromatic rings. The number of carbonyl (C=O) groups is 1. The van der Waals surface area contributed by atoms with Gasteiger partial charge in [0.2, 0.25) is 5.91 Å². The van der Waals surface area contributed by atoms with Crippen molar-refractivity contribution in [2.75, 3.05) is 11.9 Å². The third kappa shape index (κ3) is 4.35. The molecular formula is C16H15BrF2N2O. The van der Waals surface area contributed by atoms with Crippen LogP contribution in [0, 0.1) is 11.6 Å². The molecule has 22 heavy (non-hydrogen) atoms. The van der Waals surface area contributed by atoms with Crippen molar-refractivity contribution in [3.8, 4) is 0 Å². The van der Waals surface area contributed by atoms with E-state index in [9.17, 15) is 13.6 Å². The molecule has 1 amide bonds. The first-order valence-electron chi connectivity index (χ1n) is 6.70. The van der Waals surface area contributed by atoms with Gasteiger partial charge in [0.05, 0.1) is 12.2 Å². The molecule has 3 nitrogen and oxygen atoms in total. The number of nitrogens with one attached hydrogen (secondary N) is 2. The van der Waals surface area contributed by atoms with Crippen molar-refractivity contribution in [3.05, 3.63) is 64.1 Å². The number of carbonyl (C=O) groups excluding carboxylic acids is 1. The van der Waals surface area contributed by atoms with Crippen molar-refractivity contribution in [1.82, 2.24) is 5.32 Å². The lowest BCUT2D eigenvalue weighted by Gasteiger charge is -2.14. The Hall–Kier alpha value is -1.79. The minimum absolute atomic E-state index is 0.0570. The van der Waals surface area contributed by atoms with Gasteiger partial charge in [-0.05, 0) is 52.7 Å². The molecule has 2 rings (SSSR count). The van der Waals surface area contributed by atoms with Gasteiger partial charge in [-0.25, -0.2) is 8.78 Å². The molecule has 6 heteroatoms. The first-order valence-corrected chi connectivity index (χ1v) is 7.49. The monoisotopic (exact) mass is 368 g/mol. The highest BCUT2D eigenvalue weighted by molar-refractivity contribution is 9.10. The number of hydrogen-bond acceptors (Lipinski definition) is 2. The average Bonchev–Trinajstić information content (AvgIpc) is 2.50. The summed E-state index contributed by atoms with van der Waals surface area (Å²) >= 11 is 3.34. The fourth-order valence-electron chi connectivity index (χ4n) is 1.90. The lowest BCUT2D eigenvalue weighted by atomic mass is 10.1. The van der Waals surface area contributed by atoms with E-state index < -0.39 is 11.6 Å². The zero-order valence-electron chi connectivity index (χ0n) is 11.9. The van der Waals surface area contributed by atoms with Gasteiger partial charge in [-0.3, -0.25) is 4.79 Å². The molecule has 0 bridgehead atoms. The van der Waals surface area contributed by atoms with Crippen molar-refractivity contribution in [1.29, 1.82) is 0 Å². The Labute approximate surface area is 135 Å². The summed E-state index contributed by atoms with van der Waals surface area (Å²) in [5.41, 5.74) is 1.25. The lowest BCUT2D eigenvalue weighted by Crippen LogP contribution is -2.30. The third-order valence-corrected chi connectivity index (χ3v) is 3.85. The summed E-state index contributed by atoms with van der Waals surface area (Å²) in [7, 11) is 0. The topological polar surface area (TPSA) is 41.1 Å². The third-order valence-electron chi connectivity index (χ3n) is 3.16. The Balaban J connectivity index is 1.90. The van der Waals surface area contributed by atoms with Crippen LogP contribution < -0.4 is 10.6 Å². The van der Waals surface area contributed by atoms with Crippen molar-refractivity contribution >= 4 is 27.5 Å². The van der Waals surface area contributed by atoms with E-state index in [4.69, 9.17) is 0 Å². The predicted octanol–water partition coefficient (Wildman–Crippen LogP) is 4.02. The van der Waals surface area contributed by atoms with E-state index >= 15 is 0 Å². The molecule has 0 radical (unpaired) electrons. The molecule has 2 N–H and O–H groups in total. The zero-order valence-corrected chi connectivity index (χ0v) is 13.5. The minimum Gasteiger partial charge on any atom is -0.324 e. The molecule has 0 aliphatic heterocycles. The molecule has 0 aliphatic carbocycles. The summed E-state index contributed by atoms with van der Waals surface area (Å²) in [5.74, 6) is -2.01. The summed E-state index contributed by atoms with van der Waals surface area (Å²) in [6.07, 6.45) is 0. The second kappa shape index (κ2) is 7.47. The van der Waals surface area contributed by atoms with E-state index in [0.29, 0.717) is 11.3 Å². The minimum atomic E-state index is -0.899. The van der Waals surface area contributed by atoms with Gasteiger partial charge in [0.15, 0.2) is 11.6 Å². The van der Waals surface area contributed by atoms with E-state index in [-0.39, 0.29) is 18.5 Å². The molecular weight excluding hydrogens is 354 g/mol. The number of halogens is 3. The van der Waals surface area contributed by atoms with Gasteiger partial charge < -0.3 is 10.6 Å². The molecule has 2 aromatic carbocycles. The van der Waals surface area contributed by atoms with Gasteiger partial charge in [0.1, 0.15) is 0 Å². The first-order chi connectivity index (χ1) is 10.5. The second-order valence-electron chi connectivity index (χ2n) is 4.80. The fraction of sp³-hybridized carbons (Fsp3) is 0.188. The number of hydrogen-bond donors (Lipinski definition) is 2. The lowest BCUT2D eigenvalue weighted by molar-refractivity contribution is -0.115. The summed E-state index contributed by atoms with van der Waals surface area (Å²) in [6, 6.07) is 10.7. The molecule has 0 unspecified atom stereocenters. The molecule has 0 aliphatic rings. The molecule has 0 heterocycles. The second-order valence-corrected chi connectivity index (χ2v) is 5.66. The van der Waals surface area contributed by atoms with Crippen LogP contribution in [-0.4, -0.2) is 12.5 Å². The highest BCUT2D eigenvalue weighted by Gasteiger charge is 2.11. The van der Waals surface area contributed by atoms with E-state index in [1.54, 1.807) is 13.0 Å².